The van der Waals surface area contributed by atoms with Crippen molar-refractivity contribution in [1.82, 2.24) is 4.90 Å². The molecule has 3 aliphatic heterocycles. The van der Waals surface area contributed by atoms with Gasteiger partial charge in [0.1, 0.15) is 11.4 Å². The number of ether oxygens (including phenoxy) is 2. The van der Waals surface area contributed by atoms with Gasteiger partial charge in [-0.2, -0.15) is 0 Å². The predicted octanol–water partition coefficient (Wildman–Crippen LogP) is 5.46. The minimum absolute atomic E-state index is 0.0697. The lowest BCUT2D eigenvalue weighted by Gasteiger charge is -2.32. The minimum Gasteiger partial charge on any atom is -0.497 e. The van der Waals surface area contributed by atoms with E-state index in [1.165, 1.54) is 13.8 Å². The molecule has 2 N–H and O–H groups in total. The molecule has 2 fully saturated rings. The van der Waals surface area contributed by atoms with Crippen molar-refractivity contribution in [2.24, 2.45) is 11.8 Å². The number of benzene rings is 3. The third-order valence-corrected chi connectivity index (χ3v) is 10.1. The molecule has 3 heterocycles. The van der Waals surface area contributed by atoms with Crippen molar-refractivity contribution in [2.45, 2.75) is 70.0 Å². The molecule has 0 radical (unpaired) electrons. The third-order valence-electron chi connectivity index (χ3n) is 10.1. The number of halogens is 1. The number of amides is 3. The highest BCUT2D eigenvalue weighted by molar-refractivity contribution is 6.07. The lowest BCUT2D eigenvalue weighted by Crippen LogP contribution is -2.45. The summed E-state index contributed by atoms with van der Waals surface area (Å²) in [5.74, 6) is -1.38. The number of aliphatic hydroxyl groups excluding tert-OH is 1. The Labute approximate surface area is 274 Å². The highest BCUT2D eigenvalue weighted by atomic mass is 19.1. The van der Waals surface area contributed by atoms with Crippen LogP contribution in [0.2, 0.25) is 0 Å². The number of methoxy groups -OCH3 is 1. The van der Waals surface area contributed by atoms with Crippen LogP contribution in [0, 0.1) is 11.8 Å². The SMILES string of the molecule is COc1ccc(C(=O)Nc2ccc(CN3C(=O)[C@@]4(O[C@@H](CC(=O)N5CCC[C@H]5CO)[C@H](C(C)(C)F)[C@H]4C)c4ccccc43)cc2)cc1. The molecule has 5 atom stereocenters. The largest absolute Gasteiger partial charge is 0.497 e. The molecule has 0 bridgehead atoms. The number of carbonyl (C=O) groups excluding carboxylic acids is 3. The maximum absolute atomic E-state index is 16.0. The first kappa shape index (κ1) is 32.7. The van der Waals surface area contributed by atoms with Crippen LogP contribution in [-0.2, 0) is 26.5 Å². The molecule has 3 aromatic carbocycles. The lowest BCUT2D eigenvalue weighted by molar-refractivity contribution is -0.150. The van der Waals surface area contributed by atoms with Gasteiger partial charge >= 0.3 is 0 Å². The van der Waals surface area contributed by atoms with Gasteiger partial charge in [-0.1, -0.05) is 37.3 Å². The van der Waals surface area contributed by atoms with Crippen molar-refractivity contribution < 1.29 is 33.4 Å². The number of nitrogens with zero attached hydrogens (tertiary/aromatic N) is 2. The summed E-state index contributed by atoms with van der Waals surface area (Å²) in [5, 5.41) is 12.7. The van der Waals surface area contributed by atoms with Gasteiger partial charge in [-0.3, -0.25) is 14.4 Å². The molecule has 10 heteroatoms. The molecule has 1 spiro atoms. The zero-order chi connectivity index (χ0) is 33.5. The van der Waals surface area contributed by atoms with E-state index in [0.29, 0.717) is 34.8 Å². The number of likely N-dealkylation sites (tertiary alicyclic amines) is 1. The lowest BCUT2D eigenvalue weighted by atomic mass is 9.71. The molecule has 248 valence electrons. The van der Waals surface area contributed by atoms with Gasteiger partial charge in [0.2, 0.25) is 5.91 Å². The van der Waals surface area contributed by atoms with Crippen LogP contribution in [0.15, 0.2) is 72.8 Å². The highest BCUT2D eigenvalue weighted by Crippen LogP contribution is 2.58. The van der Waals surface area contributed by atoms with Crippen LogP contribution in [0.1, 0.15) is 61.5 Å². The first-order chi connectivity index (χ1) is 22.5. The van der Waals surface area contributed by atoms with Crippen molar-refractivity contribution in [3.63, 3.8) is 0 Å². The summed E-state index contributed by atoms with van der Waals surface area (Å²) in [5.41, 5.74) is 0.0923. The van der Waals surface area contributed by atoms with E-state index in [9.17, 15) is 19.5 Å². The predicted molar refractivity (Wildman–Crippen MR) is 176 cm³/mol. The standard InChI is InChI=1S/C37H42FN3O6/c1-23-33(36(2,3)38)31(20-32(43)40-19-7-8-27(40)22-42)47-37(23)29-9-5-6-10-30(29)41(35(37)45)21-24-11-15-26(16-12-24)39-34(44)25-13-17-28(46-4)18-14-25/h5-6,9-18,23,27,31,33,42H,7-8,19-22H2,1-4H3,(H,39,44)/t23-,27+,31+,33-,37+/m1/s1. The van der Waals surface area contributed by atoms with Crippen molar-refractivity contribution in [3.05, 3.63) is 89.5 Å². The number of fused-ring (bicyclic) bond motifs is 2. The second-order valence-electron chi connectivity index (χ2n) is 13.3. The van der Waals surface area contributed by atoms with Crippen LogP contribution >= 0.6 is 0 Å². The fourth-order valence-corrected chi connectivity index (χ4v) is 7.82. The summed E-state index contributed by atoms with van der Waals surface area (Å²) in [7, 11) is 1.57. The fourth-order valence-electron chi connectivity index (χ4n) is 7.82. The Bertz CT molecular complexity index is 1640. The van der Waals surface area contributed by atoms with E-state index in [2.05, 4.69) is 5.32 Å². The van der Waals surface area contributed by atoms with Crippen LogP contribution in [0.3, 0.4) is 0 Å². The molecule has 3 aromatic rings. The Morgan fingerprint density at radius 1 is 1.09 bits per heavy atom. The zero-order valence-electron chi connectivity index (χ0n) is 27.2. The van der Waals surface area contributed by atoms with Crippen LogP contribution in [0.4, 0.5) is 15.8 Å². The summed E-state index contributed by atoms with van der Waals surface area (Å²) in [6.07, 6.45) is 0.628. The summed E-state index contributed by atoms with van der Waals surface area (Å²) < 4.78 is 27.9. The molecule has 0 saturated carbocycles. The Kier molecular flexibility index (Phi) is 8.84. The number of hydrogen-bond donors (Lipinski definition) is 2. The zero-order valence-corrected chi connectivity index (χ0v) is 27.2. The number of alkyl halides is 1. The number of hydrogen-bond acceptors (Lipinski definition) is 6. The van der Waals surface area contributed by atoms with E-state index in [1.807, 2.05) is 43.3 Å². The van der Waals surface area contributed by atoms with E-state index in [4.69, 9.17) is 9.47 Å². The number of anilines is 2. The van der Waals surface area contributed by atoms with E-state index < -0.39 is 29.2 Å². The Hall–Kier alpha value is -4.28. The van der Waals surface area contributed by atoms with Crippen molar-refractivity contribution in [3.8, 4) is 5.75 Å². The first-order valence-electron chi connectivity index (χ1n) is 16.2. The molecule has 3 aliphatic rings. The van der Waals surface area contributed by atoms with Gasteiger partial charge in [0.05, 0.1) is 44.5 Å². The van der Waals surface area contributed by atoms with Crippen molar-refractivity contribution in [1.29, 1.82) is 0 Å². The summed E-state index contributed by atoms with van der Waals surface area (Å²) in [6.45, 7) is 5.48. The number of carbonyl (C=O) groups is 3. The molecule has 0 unspecified atom stereocenters. The van der Waals surface area contributed by atoms with Gasteiger partial charge in [-0.05, 0) is 74.7 Å². The summed E-state index contributed by atoms with van der Waals surface area (Å²) in [4.78, 5) is 44.1. The molecule has 6 rings (SSSR count). The number of rotatable bonds is 9. The Balaban J connectivity index is 1.23. The van der Waals surface area contributed by atoms with E-state index in [-0.39, 0.29) is 43.3 Å². The summed E-state index contributed by atoms with van der Waals surface area (Å²) in [6, 6.07) is 21.3. The molecule has 2 saturated heterocycles. The average Bonchev–Trinajstić information content (AvgIpc) is 3.72. The quantitative estimate of drug-likeness (QED) is 0.321. The van der Waals surface area contributed by atoms with Crippen LogP contribution in [-0.4, -0.2) is 65.8 Å². The van der Waals surface area contributed by atoms with Gasteiger partial charge < -0.3 is 29.7 Å². The van der Waals surface area contributed by atoms with Crippen molar-refractivity contribution in [2.75, 3.05) is 30.5 Å². The first-order valence-corrected chi connectivity index (χ1v) is 16.2. The number of aliphatic hydroxyl groups is 1. The van der Waals surface area contributed by atoms with E-state index >= 15 is 4.39 Å². The normalized spacial score (nSPS) is 25.4. The summed E-state index contributed by atoms with van der Waals surface area (Å²) >= 11 is 0. The van der Waals surface area contributed by atoms with Crippen molar-refractivity contribution >= 4 is 29.1 Å². The number of nitrogens with one attached hydrogen (secondary N) is 1. The third kappa shape index (κ3) is 5.89. The van der Waals surface area contributed by atoms with Gasteiger partial charge in [-0.25, -0.2) is 4.39 Å². The fraction of sp³-hybridized carbons (Fsp3) is 0.432. The Morgan fingerprint density at radius 3 is 2.45 bits per heavy atom. The molecular weight excluding hydrogens is 601 g/mol. The molecular formula is C37H42FN3O6. The highest BCUT2D eigenvalue weighted by Gasteiger charge is 2.66. The minimum atomic E-state index is -1.73. The number of para-hydroxylation sites is 1. The van der Waals surface area contributed by atoms with E-state index in [1.54, 1.807) is 53.3 Å². The monoisotopic (exact) mass is 643 g/mol. The second-order valence-corrected chi connectivity index (χ2v) is 13.3. The average molecular weight is 644 g/mol. The van der Waals surface area contributed by atoms with Crippen LogP contribution in [0.5, 0.6) is 5.75 Å². The topological polar surface area (TPSA) is 108 Å². The van der Waals surface area contributed by atoms with E-state index in [0.717, 1.165) is 18.4 Å². The molecule has 3 amide bonds. The van der Waals surface area contributed by atoms with Crippen LogP contribution < -0.4 is 15.0 Å². The van der Waals surface area contributed by atoms with Crippen LogP contribution in [0.25, 0.3) is 0 Å². The maximum Gasteiger partial charge on any atom is 0.264 e. The molecule has 0 aromatic heterocycles. The molecule has 9 nitrogen and oxygen atoms in total. The smallest absolute Gasteiger partial charge is 0.264 e. The Morgan fingerprint density at radius 2 is 1.79 bits per heavy atom. The second kappa shape index (κ2) is 12.7. The van der Waals surface area contributed by atoms with Gasteiger partial charge in [-0.15, -0.1) is 0 Å². The molecule has 47 heavy (non-hydrogen) atoms. The van der Waals surface area contributed by atoms with Gasteiger partial charge in [0, 0.05) is 35.2 Å². The van der Waals surface area contributed by atoms with Gasteiger partial charge in [0.25, 0.3) is 11.8 Å². The maximum atomic E-state index is 16.0. The molecule has 0 aliphatic carbocycles. The van der Waals surface area contributed by atoms with Gasteiger partial charge in [0.15, 0.2) is 5.60 Å².